The number of aryl methyl sites for hydroxylation is 1. The van der Waals surface area contributed by atoms with Crippen LogP contribution in [0.2, 0.25) is 0 Å². The predicted octanol–water partition coefficient (Wildman–Crippen LogP) is 3.67. The second kappa shape index (κ2) is 6.45. The summed E-state index contributed by atoms with van der Waals surface area (Å²) in [6, 6.07) is 1.88. The number of hydrogen-bond donors (Lipinski definition) is 1. The number of nitrogens with one attached hydrogen (secondary N) is 1. The van der Waals surface area contributed by atoms with Crippen molar-refractivity contribution in [1.82, 2.24) is 15.0 Å². The van der Waals surface area contributed by atoms with Crippen molar-refractivity contribution < 1.29 is 4.79 Å². The Bertz CT molecular complexity index is 560. The number of imidazole rings is 1. The first-order chi connectivity index (χ1) is 9.24. The fraction of sp³-hybridized carbons (Fsp3) is 0.533. The van der Waals surface area contributed by atoms with Gasteiger partial charge in [0.1, 0.15) is 5.82 Å². The number of unbranched alkanes of at least 4 members (excludes halogenated alkanes) is 2. The van der Waals surface area contributed by atoms with E-state index in [4.69, 9.17) is 0 Å². The van der Waals surface area contributed by atoms with E-state index >= 15 is 0 Å². The molecule has 0 saturated carbocycles. The number of pyridine rings is 1. The van der Waals surface area contributed by atoms with Gasteiger partial charge in [-0.3, -0.25) is 4.79 Å². The molecule has 0 aliphatic carbocycles. The van der Waals surface area contributed by atoms with Crippen LogP contribution in [0, 0.1) is 0 Å². The highest BCUT2D eigenvalue weighted by Crippen LogP contribution is 2.14. The number of aromatic amines is 1. The van der Waals surface area contributed by atoms with Crippen LogP contribution in [0.1, 0.15) is 62.1 Å². The Morgan fingerprint density at radius 3 is 2.79 bits per heavy atom. The number of Topliss-reactive ketones (excluding diaryl/α,β-unsaturated/α-hetero) is 1. The molecule has 0 radical (unpaired) electrons. The number of carbonyl (C=O) groups excluding carboxylic acids is 1. The summed E-state index contributed by atoms with van der Waals surface area (Å²) in [6.07, 6.45) is 7.40. The number of fused-ring (bicyclic) bond motifs is 1. The topological polar surface area (TPSA) is 58.6 Å². The molecule has 4 heteroatoms. The number of rotatable bonds is 7. The summed E-state index contributed by atoms with van der Waals surface area (Å²) in [5.74, 6) is 1.13. The molecular formula is C15H21N3O. The van der Waals surface area contributed by atoms with E-state index in [1.54, 1.807) is 6.20 Å². The second-order valence-electron chi connectivity index (χ2n) is 4.91. The molecule has 0 atom stereocenters. The Morgan fingerprint density at radius 2 is 2.05 bits per heavy atom. The van der Waals surface area contributed by atoms with Crippen LogP contribution in [-0.4, -0.2) is 20.7 Å². The number of nitrogens with zero attached hydrogens (tertiary/aromatic N) is 2. The van der Waals surface area contributed by atoms with Crippen molar-refractivity contribution in [3.63, 3.8) is 0 Å². The van der Waals surface area contributed by atoms with Gasteiger partial charge in [-0.2, -0.15) is 0 Å². The second-order valence-corrected chi connectivity index (χ2v) is 4.91. The van der Waals surface area contributed by atoms with Crippen LogP contribution in [0.4, 0.5) is 0 Å². The van der Waals surface area contributed by atoms with Gasteiger partial charge in [0.05, 0.1) is 5.52 Å². The third kappa shape index (κ3) is 3.40. The van der Waals surface area contributed by atoms with Crippen LogP contribution in [-0.2, 0) is 6.42 Å². The first-order valence-electron chi connectivity index (χ1n) is 7.12. The maximum absolute atomic E-state index is 12.0. The molecule has 0 spiro atoms. The lowest BCUT2D eigenvalue weighted by molar-refractivity contribution is 0.0979. The minimum atomic E-state index is 0.168. The zero-order chi connectivity index (χ0) is 13.7. The number of H-pyrrole nitrogens is 1. The third-order valence-electron chi connectivity index (χ3n) is 3.23. The van der Waals surface area contributed by atoms with Crippen molar-refractivity contribution >= 4 is 16.9 Å². The van der Waals surface area contributed by atoms with Gasteiger partial charge in [-0.25, -0.2) is 9.97 Å². The molecule has 0 saturated heterocycles. The molecule has 2 rings (SSSR count). The molecule has 19 heavy (non-hydrogen) atoms. The summed E-state index contributed by atoms with van der Waals surface area (Å²) in [6.45, 7) is 4.25. The minimum absolute atomic E-state index is 0.168. The van der Waals surface area contributed by atoms with Gasteiger partial charge in [-0.1, -0.05) is 26.7 Å². The van der Waals surface area contributed by atoms with E-state index in [1.165, 1.54) is 0 Å². The summed E-state index contributed by atoms with van der Waals surface area (Å²) in [5.41, 5.74) is 2.26. The average Bonchev–Trinajstić information content (AvgIpc) is 2.84. The highest BCUT2D eigenvalue weighted by Gasteiger charge is 2.09. The lowest BCUT2D eigenvalue weighted by Crippen LogP contribution is -1.99. The fourth-order valence-corrected chi connectivity index (χ4v) is 2.05. The van der Waals surface area contributed by atoms with Gasteiger partial charge in [-0.05, 0) is 18.9 Å². The molecule has 0 aliphatic rings. The zero-order valence-electron chi connectivity index (χ0n) is 11.7. The first-order valence-corrected chi connectivity index (χ1v) is 7.12. The first kappa shape index (κ1) is 13.7. The van der Waals surface area contributed by atoms with E-state index in [-0.39, 0.29) is 5.78 Å². The summed E-state index contributed by atoms with van der Waals surface area (Å²) in [4.78, 5) is 23.9. The third-order valence-corrected chi connectivity index (χ3v) is 3.23. The van der Waals surface area contributed by atoms with Crippen LogP contribution >= 0.6 is 0 Å². The summed E-state index contributed by atoms with van der Waals surface area (Å²) >= 11 is 0. The highest BCUT2D eigenvalue weighted by molar-refractivity contribution is 5.97. The maximum Gasteiger partial charge on any atom is 0.177 e. The maximum atomic E-state index is 12.0. The quantitative estimate of drug-likeness (QED) is 0.772. The molecular weight excluding hydrogens is 238 g/mol. The summed E-state index contributed by atoms with van der Waals surface area (Å²) in [7, 11) is 0. The molecule has 2 heterocycles. The van der Waals surface area contributed by atoms with Crippen molar-refractivity contribution in [3.05, 3.63) is 23.7 Å². The van der Waals surface area contributed by atoms with Crippen molar-refractivity contribution in [2.24, 2.45) is 0 Å². The van der Waals surface area contributed by atoms with Gasteiger partial charge in [0.25, 0.3) is 0 Å². The van der Waals surface area contributed by atoms with E-state index in [9.17, 15) is 4.79 Å². The molecule has 0 fully saturated rings. The van der Waals surface area contributed by atoms with E-state index in [0.29, 0.717) is 17.6 Å². The van der Waals surface area contributed by atoms with Crippen LogP contribution < -0.4 is 0 Å². The van der Waals surface area contributed by atoms with E-state index in [0.717, 1.165) is 43.4 Å². The van der Waals surface area contributed by atoms with Gasteiger partial charge in [0.2, 0.25) is 0 Å². The monoisotopic (exact) mass is 259 g/mol. The Labute approximate surface area is 113 Å². The number of carbonyl (C=O) groups is 1. The Hall–Kier alpha value is -1.71. The van der Waals surface area contributed by atoms with Gasteiger partial charge in [0.15, 0.2) is 11.4 Å². The highest BCUT2D eigenvalue weighted by atomic mass is 16.1. The molecule has 102 valence electrons. The Morgan fingerprint density at radius 1 is 1.26 bits per heavy atom. The predicted molar refractivity (Wildman–Crippen MR) is 76.4 cm³/mol. The number of ketones is 1. The normalized spacial score (nSPS) is 11.1. The lowest BCUT2D eigenvalue weighted by Gasteiger charge is -1.98. The van der Waals surface area contributed by atoms with Gasteiger partial charge >= 0.3 is 0 Å². The zero-order valence-corrected chi connectivity index (χ0v) is 11.7. The van der Waals surface area contributed by atoms with Crippen molar-refractivity contribution in [2.45, 2.75) is 52.4 Å². The van der Waals surface area contributed by atoms with Crippen molar-refractivity contribution in [2.75, 3.05) is 0 Å². The SMILES string of the molecule is CCCCC(=O)c1cnc2nc(CCCC)[nH]c2c1. The van der Waals surface area contributed by atoms with E-state index < -0.39 is 0 Å². The smallest absolute Gasteiger partial charge is 0.177 e. The molecule has 0 bridgehead atoms. The summed E-state index contributed by atoms with van der Waals surface area (Å²) in [5, 5.41) is 0. The standard InChI is InChI=1S/C15H21N3O/c1-3-5-7-13(19)11-9-12-15(16-10-11)18-14(17-12)8-6-4-2/h9-10H,3-8H2,1-2H3,(H,16,17,18). The van der Waals surface area contributed by atoms with E-state index in [2.05, 4.69) is 28.8 Å². The van der Waals surface area contributed by atoms with Crippen LogP contribution in [0.3, 0.4) is 0 Å². The van der Waals surface area contributed by atoms with Gasteiger partial charge in [0, 0.05) is 24.6 Å². The summed E-state index contributed by atoms with van der Waals surface area (Å²) < 4.78 is 0. The van der Waals surface area contributed by atoms with Crippen molar-refractivity contribution in [1.29, 1.82) is 0 Å². The van der Waals surface area contributed by atoms with Crippen LogP contribution in [0.15, 0.2) is 12.3 Å². The number of aromatic nitrogens is 3. The average molecular weight is 259 g/mol. The molecule has 0 aromatic carbocycles. The molecule has 0 amide bonds. The Kier molecular flexibility index (Phi) is 4.66. The van der Waals surface area contributed by atoms with Crippen LogP contribution in [0.25, 0.3) is 11.2 Å². The minimum Gasteiger partial charge on any atom is -0.341 e. The molecule has 2 aromatic rings. The van der Waals surface area contributed by atoms with Gasteiger partial charge < -0.3 is 4.98 Å². The van der Waals surface area contributed by atoms with E-state index in [1.807, 2.05) is 6.07 Å². The molecule has 1 N–H and O–H groups in total. The molecule has 0 unspecified atom stereocenters. The number of hydrogen-bond acceptors (Lipinski definition) is 3. The Balaban J connectivity index is 2.17. The molecule has 2 aromatic heterocycles. The largest absolute Gasteiger partial charge is 0.341 e. The fourth-order valence-electron chi connectivity index (χ4n) is 2.05. The van der Waals surface area contributed by atoms with Crippen LogP contribution in [0.5, 0.6) is 0 Å². The van der Waals surface area contributed by atoms with Gasteiger partial charge in [-0.15, -0.1) is 0 Å². The molecule has 0 aliphatic heterocycles. The lowest BCUT2D eigenvalue weighted by atomic mass is 10.1. The molecule has 4 nitrogen and oxygen atoms in total. The van der Waals surface area contributed by atoms with Crippen molar-refractivity contribution in [3.8, 4) is 0 Å².